The Morgan fingerprint density at radius 3 is 2.22 bits per heavy atom. The fourth-order valence-corrected chi connectivity index (χ4v) is 10.3. The molecule has 0 saturated carbocycles. The Morgan fingerprint density at radius 1 is 0.812 bits per heavy atom. The molecule has 5 heterocycles. The van der Waals surface area contributed by atoms with Crippen LogP contribution in [0.25, 0.3) is 11.3 Å². The molecule has 69 heavy (non-hydrogen) atoms. The molecule has 2 aromatic heterocycles. The molecule has 0 radical (unpaired) electrons. The molecule has 6 aromatic rings. The van der Waals surface area contributed by atoms with Crippen LogP contribution in [0.4, 0.5) is 11.4 Å². The number of morpholine rings is 1. The smallest absolute Gasteiger partial charge is 0.264 e. The van der Waals surface area contributed by atoms with Crippen LogP contribution in [0, 0.1) is 25.2 Å². The molecule has 1 N–H and O–H groups in total. The maximum Gasteiger partial charge on any atom is 0.264 e. The topological polar surface area (TPSA) is 137 Å². The van der Waals surface area contributed by atoms with E-state index in [1.54, 1.807) is 34.7 Å². The van der Waals surface area contributed by atoms with Gasteiger partial charge in [0.15, 0.2) is 0 Å². The van der Waals surface area contributed by atoms with E-state index in [1.165, 1.54) is 17.7 Å². The fourth-order valence-electron chi connectivity index (χ4n) is 10.3. The Hall–Kier alpha value is -7.14. The standard InChI is InChI=1S/C56H61N7O6/c1-35-24-41-10-8-9-11-43(41)34-62(35)55(66)51-27-44-33-61(54(65)25-40-12-18-48(19-13-40)68-23-22-60-31-36(2)69-37(3)32-60)21-20-42(44)26-50(51)53-29-49(38(4)59(53)7)56(67)63(45-14-16-47(64)17-15-45)52-28-46(30-57)58(6)39(52)5/h8-19,26-29,35-37,64H,20-25,31-34H2,1-7H3/t35-,36+,37+/m1/s1. The van der Waals surface area contributed by atoms with E-state index in [0.29, 0.717) is 77.8 Å². The molecule has 3 aliphatic heterocycles. The van der Waals surface area contributed by atoms with Crippen LogP contribution in [0.15, 0.2) is 97.1 Å². The number of carbonyl (C=O) groups is 3. The van der Waals surface area contributed by atoms with Gasteiger partial charge < -0.3 is 33.5 Å². The van der Waals surface area contributed by atoms with Crippen LogP contribution in [0.5, 0.6) is 11.5 Å². The van der Waals surface area contributed by atoms with Crippen molar-refractivity contribution < 1.29 is 29.0 Å². The zero-order valence-electron chi connectivity index (χ0n) is 40.7. The van der Waals surface area contributed by atoms with E-state index in [1.807, 2.05) is 83.8 Å². The molecule has 1 fully saturated rings. The van der Waals surface area contributed by atoms with E-state index in [4.69, 9.17) is 9.47 Å². The fraction of sp³-hybridized carbons (Fsp3) is 0.357. The molecule has 9 rings (SSSR count). The molecule has 3 atom stereocenters. The summed E-state index contributed by atoms with van der Waals surface area (Å²) in [5, 5.41) is 20.1. The number of aromatic hydroxyl groups is 1. The van der Waals surface area contributed by atoms with Crippen molar-refractivity contribution in [2.45, 2.75) is 85.2 Å². The Kier molecular flexibility index (Phi) is 13.2. The Morgan fingerprint density at radius 2 is 1.52 bits per heavy atom. The molecule has 13 nitrogen and oxygen atoms in total. The summed E-state index contributed by atoms with van der Waals surface area (Å²) < 4.78 is 15.7. The number of amides is 3. The maximum absolute atomic E-state index is 15.2. The number of benzene rings is 4. The third kappa shape index (κ3) is 9.52. The van der Waals surface area contributed by atoms with Crippen LogP contribution >= 0.6 is 0 Å². The van der Waals surface area contributed by atoms with Crippen molar-refractivity contribution in [3.8, 4) is 28.8 Å². The summed E-state index contributed by atoms with van der Waals surface area (Å²) in [7, 11) is 3.70. The van der Waals surface area contributed by atoms with Crippen LogP contribution in [0.2, 0.25) is 0 Å². The molecule has 4 aromatic carbocycles. The van der Waals surface area contributed by atoms with Crippen molar-refractivity contribution in [1.82, 2.24) is 23.8 Å². The normalized spacial score (nSPS) is 18.0. The van der Waals surface area contributed by atoms with E-state index < -0.39 is 0 Å². The minimum atomic E-state index is -0.324. The van der Waals surface area contributed by atoms with Crippen LogP contribution < -0.4 is 9.64 Å². The lowest BCUT2D eigenvalue weighted by Gasteiger charge is -2.36. The molecule has 0 bridgehead atoms. The third-order valence-corrected chi connectivity index (χ3v) is 14.4. The van der Waals surface area contributed by atoms with Gasteiger partial charge in [0.1, 0.15) is 29.9 Å². The highest BCUT2D eigenvalue weighted by atomic mass is 16.5. The zero-order chi connectivity index (χ0) is 48.7. The molecule has 0 aliphatic carbocycles. The minimum Gasteiger partial charge on any atom is -0.508 e. The molecule has 3 aliphatic rings. The van der Waals surface area contributed by atoms with Gasteiger partial charge >= 0.3 is 0 Å². The maximum atomic E-state index is 15.2. The van der Waals surface area contributed by atoms with Crippen molar-refractivity contribution in [2.75, 3.05) is 37.7 Å². The van der Waals surface area contributed by atoms with E-state index in [9.17, 15) is 15.2 Å². The molecule has 0 unspecified atom stereocenters. The molecule has 13 heteroatoms. The van der Waals surface area contributed by atoms with Gasteiger partial charge in [-0.15, -0.1) is 0 Å². The summed E-state index contributed by atoms with van der Waals surface area (Å²) in [6, 6.07) is 32.3. The number of carbonyl (C=O) groups excluding carboxylic acids is 3. The first-order valence-electron chi connectivity index (χ1n) is 23.9. The zero-order valence-corrected chi connectivity index (χ0v) is 40.7. The van der Waals surface area contributed by atoms with Gasteiger partial charge in [-0.3, -0.25) is 24.2 Å². The first-order valence-corrected chi connectivity index (χ1v) is 23.9. The molecule has 1 saturated heterocycles. The highest BCUT2D eigenvalue weighted by Gasteiger charge is 2.34. The second-order valence-electron chi connectivity index (χ2n) is 19.1. The van der Waals surface area contributed by atoms with Crippen molar-refractivity contribution in [3.63, 3.8) is 0 Å². The Labute approximate surface area is 404 Å². The summed E-state index contributed by atoms with van der Waals surface area (Å²) in [6.07, 6.45) is 1.98. The average Bonchev–Trinajstić information content (AvgIpc) is 3.80. The Bertz CT molecular complexity index is 2950. The van der Waals surface area contributed by atoms with E-state index in [0.717, 1.165) is 59.8 Å². The lowest BCUT2D eigenvalue weighted by Crippen LogP contribution is -2.46. The lowest BCUT2D eigenvalue weighted by molar-refractivity contribution is -0.131. The van der Waals surface area contributed by atoms with Gasteiger partial charge in [-0.2, -0.15) is 5.26 Å². The van der Waals surface area contributed by atoms with E-state index in [-0.39, 0.29) is 48.1 Å². The second kappa shape index (κ2) is 19.5. The number of rotatable bonds is 11. The largest absolute Gasteiger partial charge is 0.508 e. The predicted octanol–water partition coefficient (Wildman–Crippen LogP) is 8.41. The van der Waals surface area contributed by atoms with Gasteiger partial charge in [0, 0.05) is 93.3 Å². The highest BCUT2D eigenvalue weighted by molar-refractivity contribution is 6.13. The van der Waals surface area contributed by atoms with Gasteiger partial charge in [-0.05, 0) is 136 Å². The van der Waals surface area contributed by atoms with Crippen molar-refractivity contribution in [2.24, 2.45) is 14.1 Å². The molecule has 3 amide bonds. The highest BCUT2D eigenvalue weighted by Crippen LogP contribution is 2.38. The van der Waals surface area contributed by atoms with Crippen molar-refractivity contribution in [1.29, 1.82) is 5.26 Å². The summed E-state index contributed by atoms with van der Waals surface area (Å²) in [6.45, 7) is 14.6. The number of hydrogen-bond acceptors (Lipinski definition) is 8. The lowest BCUT2D eigenvalue weighted by atomic mass is 9.89. The van der Waals surface area contributed by atoms with Crippen LogP contribution in [0.3, 0.4) is 0 Å². The number of nitriles is 1. The van der Waals surface area contributed by atoms with Gasteiger partial charge in [0.05, 0.1) is 29.9 Å². The van der Waals surface area contributed by atoms with Crippen LogP contribution in [0.1, 0.15) is 86.4 Å². The molecular formula is C56H61N7O6. The number of fused-ring (bicyclic) bond motifs is 2. The number of ether oxygens (including phenoxy) is 2. The number of nitrogens with zero attached hydrogens (tertiary/aromatic N) is 7. The first kappa shape index (κ1) is 46.9. The van der Waals surface area contributed by atoms with E-state index in [2.05, 4.69) is 49.9 Å². The minimum absolute atomic E-state index is 0.0121. The third-order valence-electron chi connectivity index (χ3n) is 14.4. The second-order valence-corrected chi connectivity index (χ2v) is 19.1. The SMILES string of the molecule is Cc1c(N(C(=O)c2cc(-c3cc4c(cc3C(=O)N3Cc5ccccc5C[C@H]3C)CN(C(=O)Cc3ccc(OCCN5C[C@H](C)O[C@@H](C)C5)cc3)CC4)n(C)c2C)c2ccc(O)cc2)cc(C#N)n1C. The number of phenols is 1. The van der Waals surface area contributed by atoms with Gasteiger partial charge in [0.25, 0.3) is 11.8 Å². The average molecular weight is 928 g/mol. The van der Waals surface area contributed by atoms with Crippen LogP contribution in [-0.4, -0.2) is 97.7 Å². The van der Waals surface area contributed by atoms with Crippen molar-refractivity contribution >= 4 is 29.1 Å². The number of aromatic nitrogens is 2. The molecule has 0 spiro atoms. The summed E-state index contributed by atoms with van der Waals surface area (Å²) >= 11 is 0. The molecular weight excluding hydrogens is 867 g/mol. The quantitative estimate of drug-likeness (QED) is 0.137. The summed E-state index contributed by atoms with van der Waals surface area (Å²) in [4.78, 5) is 52.0. The van der Waals surface area contributed by atoms with Crippen LogP contribution in [-0.2, 0) is 56.0 Å². The van der Waals surface area contributed by atoms with Gasteiger partial charge in [-0.1, -0.05) is 36.4 Å². The predicted molar refractivity (Wildman–Crippen MR) is 266 cm³/mol. The summed E-state index contributed by atoms with van der Waals surface area (Å²) in [5.41, 5.74) is 10.5. The van der Waals surface area contributed by atoms with Gasteiger partial charge in [-0.25, -0.2) is 0 Å². The number of hydrogen-bond donors (Lipinski definition) is 1. The number of phenolic OH excluding ortho intramolecular Hbond substituents is 1. The monoisotopic (exact) mass is 927 g/mol. The Balaban J connectivity index is 1.01. The number of anilines is 2. The van der Waals surface area contributed by atoms with Crippen molar-refractivity contribution in [3.05, 3.63) is 153 Å². The molecule has 356 valence electrons. The first-order chi connectivity index (χ1) is 33.2. The summed E-state index contributed by atoms with van der Waals surface area (Å²) in [5.74, 6) is 0.405. The van der Waals surface area contributed by atoms with E-state index >= 15 is 9.59 Å². The van der Waals surface area contributed by atoms with Gasteiger partial charge in [0.2, 0.25) is 5.91 Å².